The fourth-order valence-electron chi connectivity index (χ4n) is 1.39. The topological polar surface area (TPSA) is 25.8 Å². The standard InChI is InChI=1S/C12H10BrFN2/c13-11(12-15-6-1-7-16-12)8-9-2-4-10(14)5-3-9/h1-7,11H,8H2. The van der Waals surface area contributed by atoms with Gasteiger partial charge < -0.3 is 0 Å². The van der Waals surface area contributed by atoms with Gasteiger partial charge in [0.25, 0.3) is 0 Å². The molecule has 1 heterocycles. The van der Waals surface area contributed by atoms with E-state index in [0.717, 1.165) is 17.8 Å². The third kappa shape index (κ3) is 2.85. The van der Waals surface area contributed by atoms with Gasteiger partial charge in [-0.2, -0.15) is 0 Å². The third-order valence-electron chi connectivity index (χ3n) is 2.19. The molecule has 0 spiro atoms. The predicted molar refractivity (Wildman–Crippen MR) is 63.8 cm³/mol. The second-order valence-electron chi connectivity index (χ2n) is 3.41. The smallest absolute Gasteiger partial charge is 0.142 e. The van der Waals surface area contributed by atoms with Gasteiger partial charge in [-0.15, -0.1) is 0 Å². The first-order valence-electron chi connectivity index (χ1n) is 4.91. The summed E-state index contributed by atoms with van der Waals surface area (Å²) in [5, 5.41) is 0. The molecule has 2 nitrogen and oxygen atoms in total. The van der Waals surface area contributed by atoms with Gasteiger partial charge in [0.05, 0.1) is 4.83 Å². The molecule has 1 atom stereocenters. The molecule has 2 rings (SSSR count). The van der Waals surface area contributed by atoms with Crippen LogP contribution in [-0.2, 0) is 6.42 Å². The van der Waals surface area contributed by atoms with Crippen LogP contribution in [0.25, 0.3) is 0 Å². The van der Waals surface area contributed by atoms with Crippen LogP contribution in [0.1, 0.15) is 16.2 Å². The SMILES string of the molecule is Fc1ccc(CC(Br)c2ncccn2)cc1. The van der Waals surface area contributed by atoms with E-state index in [4.69, 9.17) is 0 Å². The number of benzene rings is 1. The molecule has 0 saturated heterocycles. The second kappa shape index (κ2) is 5.16. The number of rotatable bonds is 3. The van der Waals surface area contributed by atoms with Gasteiger partial charge in [-0.3, -0.25) is 0 Å². The van der Waals surface area contributed by atoms with Crippen LogP contribution in [0, 0.1) is 5.82 Å². The maximum Gasteiger partial charge on any atom is 0.142 e. The van der Waals surface area contributed by atoms with E-state index in [1.807, 2.05) is 0 Å². The molecule has 82 valence electrons. The monoisotopic (exact) mass is 280 g/mol. The molecule has 1 aromatic carbocycles. The van der Waals surface area contributed by atoms with Crippen molar-refractivity contribution in [3.8, 4) is 0 Å². The molecule has 0 radical (unpaired) electrons. The molecular weight excluding hydrogens is 271 g/mol. The molecule has 1 unspecified atom stereocenters. The van der Waals surface area contributed by atoms with Crippen LogP contribution in [0.5, 0.6) is 0 Å². The molecule has 0 aliphatic rings. The maximum absolute atomic E-state index is 12.7. The van der Waals surface area contributed by atoms with Gasteiger partial charge in [0.2, 0.25) is 0 Å². The molecule has 2 aromatic rings. The van der Waals surface area contributed by atoms with Crippen LogP contribution >= 0.6 is 15.9 Å². The number of aromatic nitrogens is 2. The van der Waals surface area contributed by atoms with E-state index >= 15 is 0 Å². The molecule has 0 bridgehead atoms. The van der Waals surface area contributed by atoms with Crippen molar-refractivity contribution in [3.63, 3.8) is 0 Å². The van der Waals surface area contributed by atoms with Crippen molar-refractivity contribution in [3.05, 3.63) is 59.9 Å². The average molecular weight is 281 g/mol. The van der Waals surface area contributed by atoms with Gasteiger partial charge in [-0.25, -0.2) is 14.4 Å². The van der Waals surface area contributed by atoms with Crippen LogP contribution in [0.4, 0.5) is 4.39 Å². The summed E-state index contributed by atoms with van der Waals surface area (Å²) in [6.07, 6.45) is 4.16. The Bertz CT molecular complexity index is 444. The number of nitrogens with zero attached hydrogens (tertiary/aromatic N) is 2. The van der Waals surface area contributed by atoms with E-state index in [1.165, 1.54) is 12.1 Å². The van der Waals surface area contributed by atoms with Crippen LogP contribution in [0.2, 0.25) is 0 Å². The zero-order chi connectivity index (χ0) is 11.4. The normalized spacial score (nSPS) is 12.4. The Balaban J connectivity index is 2.08. The van der Waals surface area contributed by atoms with Gasteiger partial charge >= 0.3 is 0 Å². The minimum atomic E-state index is -0.217. The van der Waals surface area contributed by atoms with Crippen molar-refractivity contribution in [2.24, 2.45) is 0 Å². The molecule has 4 heteroatoms. The lowest BCUT2D eigenvalue weighted by Crippen LogP contribution is -2.00. The zero-order valence-electron chi connectivity index (χ0n) is 8.48. The van der Waals surface area contributed by atoms with Crippen LogP contribution in [-0.4, -0.2) is 9.97 Å². The lowest BCUT2D eigenvalue weighted by molar-refractivity contribution is 0.627. The van der Waals surface area contributed by atoms with E-state index in [2.05, 4.69) is 25.9 Å². The largest absolute Gasteiger partial charge is 0.240 e. The first-order valence-corrected chi connectivity index (χ1v) is 5.82. The highest BCUT2D eigenvalue weighted by Crippen LogP contribution is 2.23. The second-order valence-corrected chi connectivity index (χ2v) is 4.51. The minimum absolute atomic E-state index is 0.0548. The number of alkyl halides is 1. The van der Waals surface area contributed by atoms with E-state index in [1.54, 1.807) is 30.6 Å². The number of hydrogen-bond acceptors (Lipinski definition) is 2. The lowest BCUT2D eigenvalue weighted by atomic mass is 10.1. The number of halogens is 2. The van der Waals surface area contributed by atoms with Gasteiger partial charge in [-0.05, 0) is 30.2 Å². The first-order chi connectivity index (χ1) is 7.75. The average Bonchev–Trinajstić information content (AvgIpc) is 2.33. The summed E-state index contributed by atoms with van der Waals surface area (Å²) in [4.78, 5) is 8.38. The Kier molecular flexibility index (Phi) is 3.62. The fraction of sp³-hybridized carbons (Fsp3) is 0.167. The number of hydrogen-bond donors (Lipinski definition) is 0. The summed E-state index contributed by atoms with van der Waals surface area (Å²) >= 11 is 3.52. The molecule has 0 aliphatic heterocycles. The third-order valence-corrected chi connectivity index (χ3v) is 2.93. The van der Waals surface area contributed by atoms with E-state index in [9.17, 15) is 4.39 Å². The Morgan fingerprint density at radius 3 is 2.38 bits per heavy atom. The molecule has 0 amide bonds. The maximum atomic E-state index is 12.7. The van der Waals surface area contributed by atoms with Crippen molar-refractivity contribution in [2.45, 2.75) is 11.2 Å². The Labute approximate surface area is 102 Å². The van der Waals surface area contributed by atoms with E-state index < -0.39 is 0 Å². The molecule has 1 aromatic heterocycles. The highest BCUT2D eigenvalue weighted by molar-refractivity contribution is 9.09. The van der Waals surface area contributed by atoms with Gasteiger partial charge in [0, 0.05) is 12.4 Å². The Morgan fingerprint density at radius 2 is 1.75 bits per heavy atom. The molecule has 0 N–H and O–H groups in total. The first kappa shape index (κ1) is 11.2. The van der Waals surface area contributed by atoms with Crippen LogP contribution in [0.15, 0.2) is 42.7 Å². The van der Waals surface area contributed by atoms with Gasteiger partial charge in [0.15, 0.2) is 0 Å². The van der Waals surface area contributed by atoms with Crippen molar-refractivity contribution in [1.82, 2.24) is 9.97 Å². The van der Waals surface area contributed by atoms with Crippen molar-refractivity contribution in [2.75, 3.05) is 0 Å². The van der Waals surface area contributed by atoms with Crippen molar-refractivity contribution in [1.29, 1.82) is 0 Å². The Morgan fingerprint density at radius 1 is 1.12 bits per heavy atom. The van der Waals surface area contributed by atoms with E-state index in [-0.39, 0.29) is 10.6 Å². The summed E-state index contributed by atoms with van der Waals surface area (Å²) in [7, 11) is 0. The summed E-state index contributed by atoms with van der Waals surface area (Å²) in [6, 6.07) is 8.24. The highest BCUT2D eigenvalue weighted by Gasteiger charge is 2.10. The van der Waals surface area contributed by atoms with E-state index in [0.29, 0.717) is 0 Å². The zero-order valence-corrected chi connectivity index (χ0v) is 10.1. The molecule has 0 saturated carbocycles. The van der Waals surface area contributed by atoms with Crippen LogP contribution in [0.3, 0.4) is 0 Å². The van der Waals surface area contributed by atoms with Gasteiger partial charge in [-0.1, -0.05) is 28.1 Å². The quantitative estimate of drug-likeness (QED) is 0.807. The fourth-order valence-corrected chi connectivity index (χ4v) is 2.00. The van der Waals surface area contributed by atoms with Crippen molar-refractivity contribution >= 4 is 15.9 Å². The van der Waals surface area contributed by atoms with Crippen LogP contribution < -0.4 is 0 Å². The molecular formula is C12H10BrFN2. The Hall–Kier alpha value is -1.29. The molecule has 0 aliphatic carbocycles. The van der Waals surface area contributed by atoms with Gasteiger partial charge in [0.1, 0.15) is 11.6 Å². The summed E-state index contributed by atoms with van der Waals surface area (Å²) in [5.41, 5.74) is 1.05. The highest BCUT2D eigenvalue weighted by atomic mass is 79.9. The summed E-state index contributed by atoms with van der Waals surface area (Å²) < 4.78 is 12.7. The lowest BCUT2D eigenvalue weighted by Gasteiger charge is -2.07. The summed E-state index contributed by atoms with van der Waals surface area (Å²) in [5.74, 6) is 0.526. The van der Waals surface area contributed by atoms with Crippen molar-refractivity contribution < 1.29 is 4.39 Å². The molecule has 0 fully saturated rings. The summed E-state index contributed by atoms with van der Waals surface area (Å²) in [6.45, 7) is 0. The predicted octanol–water partition coefficient (Wildman–Crippen LogP) is 3.29. The molecule has 16 heavy (non-hydrogen) atoms. The minimum Gasteiger partial charge on any atom is -0.240 e.